The van der Waals surface area contributed by atoms with Gasteiger partial charge in [0.1, 0.15) is 0 Å². The second kappa shape index (κ2) is 8.96. The Kier molecular flexibility index (Phi) is 5.94. The number of benzene rings is 2. The van der Waals surface area contributed by atoms with Gasteiger partial charge in [0.2, 0.25) is 11.8 Å². The molecule has 1 aliphatic carbocycles. The molecule has 154 valence electrons. The monoisotopic (exact) mass is 404 g/mol. The topological polar surface area (TPSA) is 105 Å². The van der Waals surface area contributed by atoms with Crippen molar-refractivity contribution in [3.63, 3.8) is 0 Å². The van der Waals surface area contributed by atoms with Gasteiger partial charge in [-0.25, -0.2) is 0 Å². The van der Waals surface area contributed by atoms with Crippen LogP contribution in [-0.4, -0.2) is 22.6 Å². The van der Waals surface area contributed by atoms with E-state index < -0.39 is 5.54 Å². The molecule has 1 saturated carbocycles. The van der Waals surface area contributed by atoms with E-state index in [0.29, 0.717) is 23.1 Å². The van der Waals surface area contributed by atoms with Gasteiger partial charge >= 0.3 is 0 Å². The first-order valence-corrected chi connectivity index (χ1v) is 10.1. The molecule has 8 heteroatoms. The minimum atomic E-state index is -0.392. The number of hydrogen-bond acceptors (Lipinski definition) is 7. The summed E-state index contributed by atoms with van der Waals surface area (Å²) in [5.41, 5.74) is 1.82. The molecule has 8 nitrogen and oxygen atoms in total. The quantitative estimate of drug-likeness (QED) is 0.551. The second-order valence-electron chi connectivity index (χ2n) is 7.41. The normalized spacial score (nSPS) is 15.5. The van der Waals surface area contributed by atoms with Crippen molar-refractivity contribution in [3.05, 3.63) is 66.3 Å². The van der Waals surface area contributed by atoms with E-state index in [-0.39, 0.29) is 12.5 Å². The van der Waals surface area contributed by atoms with Crippen LogP contribution in [0.25, 0.3) is 0 Å². The Labute approximate surface area is 174 Å². The summed E-state index contributed by atoms with van der Waals surface area (Å²) in [6.45, 7) is 1.94. The van der Waals surface area contributed by atoms with Crippen molar-refractivity contribution < 1.29 is 9.32 Å². The second-order valence-corrected chi connectivity index (χ2v) is 7.41. The molecule has 1 amide bonds. The van der Waals surface area contributed by atoms with Crippen LogP contribution >= 0.6 is 0 Å². The molecule has 0 aliphatic heterocycles. The number of nitrogens with zero attached hydrogens (tertiary/aromatic N) is 4. The molecule has 0 saturated heterocycles. The van der Waals surface area contributed by atoms with Crippen LogP contribution in [-0.2, 0) is 10.3 Å². The maximum atomic E-state index is 12.5. The molecular weight excluding hydrogens is 380 g/mol. The van der Waals surface area contributed by atoms with Crippen LogP contribution in [0.1, 0.15) is 37.4 Å². The Hall–Kier alpha value is -3.39. The third kappa shape index (κ3) is 4.77. The number of carbonyl (C=O) groups is 1. The summed E-state index contributed by atoms with van der Waals surface area (Å²) in [4.78, 5) is 16.8. The minimum Gasteiger partial charge on any atom is -0.340 e. The number of aryl methyl sites for hydroxylation is 1. The number of anilines is 1. The molecule has 4 rings (SSSR count). The Bertz CT molecular complexity index is 1010. The van der Waals surface area contributed by atoms with Gasteiger partial charge in [0.05, 0.1) is 23.5 Å². The molecular formula is C22H24N6O2. The Balaban J connectivity index is 1.33. The summed E-state index contributed by atoms with van der Waals surface area (Å²) < 4.78 is 5.15. The zero-order chi connectivity index (χ0) is 20.8. The number of azo groups is 1. The molecule has 1 heterocycles. The fraction of sp³-hybridized carbons (Fsp3) is 0.318. The van der Waals surface area contributed by atoms with Crippen molar-refractivity contribution in [1.29, 1.82) is 0 Å². The van der Waals surface area contributed by atoms with Crippen LogP contribution in [0.4, 0.5) is 17.1 Å². The number of carbonyl (C=O) groups excluding carboxylic acids is 1. The van der Waals surface area contributed by atoms with E-state index in [9.17, 15) is 4.79 Å². The van der Waals surface area contributed by atoms with E-state index in [4.69, 9.17) is 4.52 Å². The molecule has 1 fully saturated rings. The van der Waals surface area contributed by atoms with E-state index >= 15 is 0 Å². The average molecular weight is 404 g/mol. The first kappa shape index (κ1) is 19.9. The molecule has 30 heavy (non-hydrogen) atoms. The molecule has 2 aromatic carbocycles. The number of rotatable bonds is 7. The molecule has 3 aromatic rings. The number of amides is 1. The lowest BCUT2D eigenvalue weighted by molar-refractivity contribution is -0.115. The van der Waals surface area contributed by atoms with Crippen LogP contribution in [0.2, 0.25) is 0 Å². The predicted molar refractivity (Wildman–Crippen MR) is 113 cm³/mol. The van der Waals surface area contributed by atoms with Gasteiger partial charge in [0.25, 0.3) is 0 Å². The molecule has 0 atom stereocenters. The summed E-state index contributed by atoms with van der Waals surface area (Å²) in [6.07, 6.45) is 3.92. The highest BCUT2D eigenvalue weighted by molar-refractivity contribution is 5.92. The predicted octanol–water partition coefficient (Wildman–Crippen LogP) is 4.79. The Morgan fingerprint density at radius 3 is 2.33 bits per heavy atom. The number of aromatic nitrogens is 2. The molecule has 0 bridgehead atoms. The molecule has 1 aliphatic rings. The van der Waals surface area contributed by atoms with Gasteiger partial charge in [-0.15, -0.1) is 0 Å². The van der Waals surface area contributed by atoms with Crippen LogP contribution < -0.4 is 10.6 Å². The van der Waals surface area contributed by atoms with Crippen molar-refractivity contribution in [3.8, 4) is 0 Å². The van der Waals surface area contributed by atoms with Gasteiger partial charge in [-0.1, -0.05) is 36.2 Å². The first-order valence-electron chi connectivity index (χ1n) is 10.1. The van der Waals surface area contributed by atoms with E-state index in [1.807, 2.05) is 54.6 Å². The van der Waals surface area contributed by atoms with Gasteiger partial charge in [0, 0.05) is 12.6 Å². The molecule has 0 unspecified atom stereocenters. The van der Waals surface area contributed by atoms with Crippen molar-refractivity contribution in [1.82, 2.24) is 15.5 Å². The maximum absolute atomic E-state index is 12.5. The van der Waals surface area contributed by atoms with E-state index in [1.165, 1.54) is 0 Å². The fourth-order valence-electron chi connectivity index (χ4n) is 3.63. The lowest BCUT2D eigenvalue weighted by atomic mass is 9.96. The highest BCUT2D eigenvalue weighted by Gasteiger charge is 2.39. The number of nitrogens with one attached hydrogen (secondary N) is 2. The van der Waals surface area contributed by atoms with Gasteiger partial charge in [-0.2, -0.15) is 15.2 Å². The van der Waals surface area contributed by atoms with Crippen LogP contribution in [0.5, 0.6) is 0 Å². The third-order valence-corrected chi connectivity index (χ3v) is 5.19. The average Bonchev–Trinajstić information content (AvgIpc) is 3.43. The minimum absolute atomic E-state index is 0.125. The largest absolute Gasteiger partial charge is 0.340 e. The van der Waals surface area contributed by atoms with Gasteiger partial charge < -0.3 is 9.84 Å². The third-order valence-electron chi connectivity index (χ3n) is 5.19. The van der Waals surface area contributed by atoms with E-state index in [1.54, 1.807) is 6.92 Å². The first-order chi connectivity index (χ1) is 14.6. The van der Waals surface area contributed by atoms with Crippen LogP contribution in [0.3, 0.4) is 0 Å². The van der Waals surface area contributed by atoms with Crippen molar-refractivity contribution in [2.24, 2.45) is 10.2 Å². The zero-order valence-electron chi connectivity index (χ0n) is 16.8. The fourth-order valence-corrected chi connectivity index (χ4v) is 3.63. The van der Waals surface area contributed by atoms with Crippen molar-refractivity contribution >= 4 is 23.0 Å². The van der Waals surface area contributed by atoms with Gasteiger partial charge in [0.15, 0.2) is 5.82 Å². The van der Waals surface area contributed by atoms with E-state index in [0.717, 1.165) is 31.4 Å². The highest BCUT2D eigenvalue weighted by Crippen LogP contribution is 2.37. The Morgan fingerprint density at radius 1 is 1.03 bits per heavy atom. The van der Waals surface area contributed by atoms with Crippen LogP contribution in [0.15, 0.2) is 69.3 Å². The molecule has 0 radical (unpaired) electrons. The highest BCUT2D eigenvalue weighted by atomic mass is 16.5. The maximum Gasteiger partial charge on any atom is 0.238 e. The van der Waals surface area contributed by atoms with Gasteiger partial charge in [-0.05, 0) is 49.2 Å². The lowest BCUT2D eigenvalue weighted by Crippen LogP contribution is -2.44. The summed E-state index contributed by atoms with van der Waals surface area (Å²) in [6, 6.07) is 16.8. The van der Waals surface area contributed by atoms with E-state index in [2.05, 4.69) is 31.0 Å². The molecule has 2 N–H and O–H groups in total. The zero-order valence-corrected chi connectivity index (χ0v) is 16.8. The number of hydrogen-bond donors (Lipinski definition) is 2. The summed E-state index contributed by atoms with van der Waals surface area (Å²) in [7, 11) is 0. The van der Waals surface area contributed by atoms with Gasteiger partial charge in [-0.3, -0.25) is 10.1 Å². The van der Waals surface area contributed by atoms with Crippen molar-refractivity contribution in [2.45, 2.75) is 38.1 Å². The Morgan fingerprint density at radius 2 is 1.70 bits per heavy atom. The summed E-state index contributed by atoms with van der Waals surface area (Å²) >= 11 is 0. The van der Waals surface area contributed by atoms with Crippen molar-refractivity contribution in [2.75, 3.05) is 11.9 Å². The van der Waals surface area contributed by atoms with Crippen LogP contribution in [0, 0.1) is 6.92 Å². The standard InChI is InChI=1S/C22H24N6O2/c1-16-24-21(28-30-16)22(13-5-6-14-22)23-15-20(29)25-17-9-11-19(12-10-17)27-26-18-7-3-2-4-8-18/h2-4,7-12,23H,5-6,13-15H2,1H3,(H,25,29). The molecule has 0 spiro atoms. The smallest absolute Gasteiger partial charge is 0.238 e. The summed E-state index contributed by atoms with van der Waals surface area (Å²) in [5.74, 6) is 1.05. The molecule has 1 aromatic heterocycles. The lowest BCUT2D eigenvalue weighted by Gasteiger charge is -2.26. The SMILES string of the molecule is Cc1nc(C2(NCC(=O)Nc3ccc(N=Nc4ccccc4)cc3)CCCC2)no1. The summed E-state index contributed by atoms with van der Waals surface area (Å²) in [5, 5.41) is 18.7.